The van der Waals surface area contributed by atoms with Gasteiger partial charge in [-0.15, -0.1) is 0 Å². The Bertz CT molecular complexity index is 132. The van der Waals surface area contributed by atoms with Gasteiger partial charge in [0.2, 0.25) is 0 Å². The Morgan fingerprint density at radius 3 is 2.85 bits per heavy atom. The van der Waals surface area contributed by atoms with Crippen LogP contribution in [0.25, 0.3) is 0 Å². The summed E-state index contributed by atoms with van der Waals surface area (Å²) in [5, 5.41) is 12.6. The lowest BCUT2D eigenvalue weighted by atomic mass is 9.97. The fraction of sp³-hybridized carbons (Fsp3) is 1.00. The Morgan fingerprint density at radius 1 is 1.38 bits per heavy atom. The Hall–Kier alpha value is 0.270. The van der Waals surface area contributed by atoms with Crippen LogP contribution in [-0.2, 0) is 0 Å². The Balaban J connectivity index is 2.06. The molecule has 0 heterocycles. The van der Waals surface area contributed by atoms with Gasteiger partial charge in [-0.25, -0.2) is 0 Å². The van der Waals surface area contributed by atoms with Crippen molar-refractivity contribution in [3.05, 3.63) is 0 Å². The summed E-state index contributed by atoms with van der Waals surface area (Å²) in [6.07, 6.45) is 5.97. The van der Waals surface area contributed by atoms with Crippen molar-refractivity contribution in [2.24, 2.45) is 11.8 Å². The van der Waals surface area contributed by atoms with Gasteiger partial charge >= 0.3 is 0 Å². The van der Waals surface area contributed by atoms with E-state index in [4.69, 9.17) is 5.11 Å². The first-order chi connectivity index (χ1) is 6.38. The largest absolute Gasteiger partial charge is 0.396 e. The molecule has 0 aliphatic heterocycles. The third-order valence-electron chi connectivity index (χ3n) is 2.94. The zero-order chi connectivity index (χ0) is 9.52. The molecule has 0 spiro atoms. The number of rotatable bonds is 6. The summed E-state index contributed by atoms with van der Waals surface area (Å²) in [6, 6.07) is 0. The maximum absolute atomic E-state index is 9.11. The summed E-state index contributed by atoms with van der Waals surface area (Å²) in [5.41, 5.74) is 0. The minimum Gasteiger partial charge on any atom is -0.396 e. The molecule has 0 amide bonds. The molecule has 1 fully saturated rings. The molecule has 0 bridgehead atoms. The van der Waals surface area contributed by atoms with E-state index in [-0.39, 0.29) is 0 Å². The molecule has 1 rings (SSSR count). The molecule has 2 nitrogen and oxygen atoms in total. The van der Waals surface area contributed by atoms with Crippen LogP contribution in [0.1, 0.15) is 19.3 Å². The predicted octanol–water partition coefficient (Wildman–Crippen LogP) is 1.35. The molecular weight excluding hydrogens is 182 g/mol. The second-order valence-corrected chi connectivity index (χ2v) is 4.82. The Morgan fingerprint density at radius 2 is 2.15 bits per heavy atom. The van der Waals surface area contributed by atoms with Crippen molar-refractivity contribution in [1.82, 2.24) is 5.32 Å². The predicted molar refractivity (Wildman–Crippen MR) is 59.2 cm³/mol. The summed E-state index contributed by atoms with van der Waals surface area (Å²) < 4.78 is 0. The van der Waals surface area contributed by atoms with Gasteiger partial charge in [-0.05, 0) is 37.5 Å². The monoisotopic (exact) mass is 203 g/mol. The molecule has 3 heteroatoms. The van der Waals surface area contributed by atoms with E-state index in [2.05, 4.69) is 11.6 Å². The SMILES string of the molecule is CSCCNCC1CCCC1CO. The highest BCUT2D eigenvalue weighted by atomic mass is 32.2. The van der Waals surface area contributed by atoms with Crippen molar-refractivity contribution in [3.8, 4) is 0 Å². The zero-order valence-electron chi connectivity index (χ0n) is 8.46. The van der Waals surface area contributed by atoms with E-state index in [1.165, 1.54) is 25.0 Å². The first-order valence-electron chi connectivity index (χ1n) is 5.19. The first kappa shape index (κ1) is 11.3. The highest BCUT2D eigenvalue weighted by Gasteiger charge is 2.25. The first-order valence-corrected chi connectivity index (χ1v) is 6.58. The van der Waals surface area contributed by atoms with E-state index in [0.29, 0.717) is 12.5 Å². The number of nitrogens with one attached hydrogen (secondary N) is 1. The van der Waals surface area contributed by atoms with Crippen LogP contribution in [0, 0.1) is 11.8 Å². The van der Waals surface area contributed by atoms with Crippen LogP contribution in [0.3, 0.4) is 0 Å². The molecule has 13 heavy (non-hydrogen) atoms. The van der Waals surface area contributed by atoms with Gasteiger partial charge in [0.25, 0.3) is 0 Å². The summed E-state index contributed by atoms with van der Waals surface area (Å²) in [7, 11) is 0. The molecule has 1 aliphatic rings. The van der Waals surface area contributed by atoms with Gasteiger partial charge in [0, 0.05) is 18.9 Å². The van der Waals surface area contributed by atoms with Gasteiger partial charge in [-0.1, -0.05) is 6.42 Å². The van der Waals surface area contributed by atoms with E-state index >= 15 is 0 Å². The number of aliphatic hydroxyl groups excluding tert-OH is 1. The maximum atomic E-state index is 9.11. The van der Waals surface area contributed by atoms with Gasteiger partial charge in [-0.2, -0.15) is 11.8 Å². The summed E-state index contributed by atoms with van der Waals surface area (Å²) in [4.78, 5) is 0. The molecule has 0 aromatic rings. The summed E-state index contributed by atoms with van der Waals surface area (Å²) >= 11 is 1.88. The standard InChI is InChI=1S/C10H21NOS/c1-13-6-5-11-7-9-3-2-4-10(9)8-12/h9-12H,2-8H2,1H3. The van der Waals surface area contributed by atoms with E-state index < -0.39 is 0 Å². The lowest BCUT2D eigenvalue weighted by Crippen LogP contribution is -2.28. The number of hydrogen-bond acceptors (Lipinski definition) is 3. The highest BCUT2D eigenvalue weighted by Crippen LogP contribution is 2.30. The van der Waals surface area contributed by atoms with E-state index in [9.17, 15) is 0 Å². The normalized spacial score (nSPS) is 28.2. The molecule has 0 aromatic carbocycles. The van der Waals surface area contributed by atoms with Gasteiger partial charge in [-0.3, -0.25) is 0 Å². The Labute approximate surface area is 85.5 Å². The minimum absolute atomic E-state index is 0.384. The molecule has 0 saturated heterocycles. The fourth-order valence-electron chi connectivity index (χ4n) is 2.08. The average molecular weight is 203 g/mol. The molecule has 2 N–H and O–H groups in total. The number of thioether (sulfide) groups is 1. The summed E-state index contributed by atoms with van der Waals surface area (Å²) in [5.74, 6) is 2.49. The third-order valence-corrected chi connectivity index (χ3v) is 3.55. The van der Waals surface area contributed by atoms with E-state index in [0.717, 1.165) is 19.0 Å². The summed E-state index contributed by atoms with van der Waals surface area (Å²) in [6.45, 7) is 2.59. The molecule has 0 aromatic heterocycles. The van der Waals surface area contributed by atoms with Gasteiger partial charge in [0.1, 0.15) is 0 Å². The quantitative estimate of drug-likeness (QED) is 0.639. The minimum atomic E-state index is 0.384. The van der Waals surface area contributed by atoms with Crippen LogP contribution < -0.4 is 5.32 Å². The molecular formula is C10H21NOS. The van der Waals surface area contributed by atoms with Gasteiger partial charge in [0.05, 0.1) is 0 Å². The smallest absolute Gasteiger partial charge is 0.0462 e. The molecule has 0 radical (unpaired) electrons. The third kappa shape index (κ3) is 3.88. The lowest BCUT2D eigenvalue weighted by Gasteiger charge is -2.17. The topological polar surface area (TPSA) is 32.3 Å². The molecule has 1 saturated carbocycles. The molecule has 2 atom stereocenters. The van der Waals surface area contributed by atoms with Crippen molar-refractivity contribution in [2.45, 2.75) is 19.3 Å². The maximum Gasteiger partial charge on any atom is 0.0462 e. The molecule has 1 aliphatic carbocycles. The van der Waals surface area contributed by atoms with Crippen LogP contribution in [-0.4, -0.2) is 36.8 Å². The van der Waals surface area contributed by atoms with Crippen molar-refractivity contribution in [1.29, 1.82) is 0 Å². The van der Waals surface area contributed by atoms with Crippen LogP contribution in [0.5, 0.6) is 0 Å². The van der Waals surface area contributed by atoms with E-state index in [1.54, 1.807) is 0 Å². The fourth-order valence-corrected chi connectivity index (χ4v) is 2.43. The van der Waals surface area contributed by atoms with Crippen LogP contribution in [0.15, 0.2) is 0 Å². The van der Waals surface area contributed by atoms with Crippen molar-refractivity contribution in [2.75, 3.05) is 31.7 Å². The zero-order valence-corrected chi connectivity index (χ0v) is 9.28. The number of hydrogen-bond donors (Lipinski definition) is 2. The van der Waals surface area contributed by atoms with Gasteiger partial charge < -0.3 is 10.4 Å². The van der Waals surface area contributed by atoms with Gasteiger partial charge in [0.15, 0.2) is 0 Å². The second-order valence-electron chi connectivity index (χ2n) is 3.83. The molecule has 78 valence electrons. The molecule has 2 unspecified atom stereocenters. The van der Waals surface area contributed by atoms with Crippen LogP contribution >= 0.6 is 11.8 Å². The van der Waals surface area contributed by atoms with Crippen molar-refractivity contribution in [3.63, 3.8) is 0 Å². The second kappa shape index (κ2) is 6.68. The van der Waals surface area contributed by atoms with E-state index in [1.807, 2.05) is 11.8 Å². The van der Waals surface area contributed by atoms with Crippen LogP contribution in [0.2, 0.25) is 0 Å². The highest BCUT2D eigenvalue weighted by molar-refractivity contribution is 7.98. The van der Waals surface area contributed by atoms with Crippen LogP contribution in [0.4, 0.5) is 0 Å². The Kier molecular flexibility index (Phi) is 5.83. The van der Waals surface area contributed by atoms with Crippen molar-refractivity contribution < 1.29 is 5.11 Å². The van der Waals surface area contributed by atoms with Crippen molar-refractivity contribution >= 4 is 11.8 Å². The number of aliphatic hydroxyl groups is 1. The average Bonchev–Trinajstić information content (AvgIpc) is 2.60. The lowest BCUT2D eigenvalue weighted by molar-refractivity contribution is 0.193.